The monoisotopic (exact) mass is 453 g/mol. The normalized spacial score (nSPS) is 17.4. The van der Waals surface area contributed by atoms with Crippen LogP contribution >= 0.6 is 0 Å². The van der Waals surface area contributed by atoms with Crippen molar-refractivity contribution in [3.05, 3.63) is 71.3 Å². The van der Waals surface area contributed by atoms with Gasteiger partial charge in [-0.3, -0.25) is 4.68 Å². The SMILES string of the molecule is CCCn1cc([S+]([O-])N2CCC(c3cc(C=N)c(Nc4ccc(F)cc4)cc3C)C2)cn1. The van der Waals surface area contributed by atoms with Gasteiger partial charge in [-0.05, 0) is 67.3 Å². The highest BCUT2D eigenvalue weighted by Gasteiger charge is 2.34. The van der Waals surface area contributed by atoms with Crippen molar-refractivity contribution in [3.8, 4) is 0 Å². The Balaban J connectivity index is 1.49. The summed E-state index contributed by atoms with van der Waals surface area (Å²) in [7, 11) is 0. The number of hydrogen-bond donors (Lipinski definition) is 2. The second kappa shape index (κ2) is 9.85. The van der Waals surface area contributed by atoms with Crippen molar-refractivity contribution in [1.29, 1.82) is 5.41 Å². The van der Waals surface area contributed by atoms with E-state index in [9.17, 15) is 8.94 Å². The van der Waals surface area contributed by atoms with Crippen molar-refractivity contribution >= 4 is 29.0 Å². The van der Waals surface area contributed by atoms with Crippen molar-refractivity contribution in [1.82, 2.24) is 14.1 Å². The van der Waals surface area contributed by atoms with Crippen LogP contribution in [0.2, 0.25) is 0 Å². The fraction of sp³-hybridized carbons (Fsp3) is 0.333. The number of halogens is 1. The number of nitrogens with one attached hydrogen (secondary N) is 2. The van der Waals surface area contributed by atoms with E-state index < -0.39 is 11.4 Å². The molecule has 2 aromatic carbocycles. The van der Waals surface area contributed by atoms with Crippen LogP contribution in [0.3, 0.4) is 0 Å². The van der Waals surface area contributed by atoms with Gasteiger partial charge in [-0.2, -0.15) is 5.10 Å². The highest BCUT2D eigenvalue weighted by Crippen LogP contribution is 2.35. The lowest BCUT2D eigenvalue weighted by molar-refractivity contribution is 0.472. The molecular weight excluding hydrogens is 425 g/mol. The molecule has 168 valence electrons. The Labute approximate surface area is 191 Å². The molecule has 1 fully saturated rings. The highest BCUT2D eigenvalue weighted by molar-refractivity contribution is 7.89. The van der Waals surface area contributed by atoms with Gasteiger partial charge in [0.2, 0.25) is 4.90 Å². The summed E-state index contributed by atoms with van der Waals surface area (Å²) in [6.07, 6.45) is 6.81. The maximum Gasteiger partial charge on any atom is 0.211 e. The van der Waals surface area contributed by atoms with E-state index in [0.29, 0.717) is 6.54 Å². The topological polar surface area (TPSA) is 80.0 Å². The molecule has 32 heavy (non-hydrogen) atoms. The Hall–Kier alpha value is -2.68. The molecule has 0 saturated carbocycles. The summed E-state index contributed by atoms with van der Waals surface area (Å²) in [6, 6.07) is 10.3. The van der Waals surface area contributed by atoms with Gasteiger partial charge in [-0.1, -0.05) is 6.92 Å². The van der Waals surface area contributed by atoms with E-state index in [1.165, 1.54) is 23.9 Å². The second-order valence-corrected chi connectivity index (χ2v) is 9.62. The van der Waals surface area contributed by atoms with Crippen molar-refractivity contribution < 1.29 is 8.94 Å². The first-order chi connectivity index (χ1) is 15.5. The average molecular weight is 454 g/mol. The third-order valence-electron chi connectivity index (χ3n) is 5.81. The van der Waals surface area contributed by atoms with Crippen LogP contribution in [-0.4, -0.2) is 37.9 Å². The summed E-state index contributed by atoms with van der Waals surface area (Å²) in [5.74, 6) is -0.0292. The van der Waals surface area contributed by atoms with E-state index in [-0.39, 0.29) is 11.7 Å². The van der Waals surface area contributed by atoms with Crippen LogP contribution in [0.15, 0.2) is 53.7 Å². The number of nitrogens with zero attached hydrogens (tertiary/aromatic N) is 3. The Morgan fingerprint density at radius 2 is 2.09 bits per heavy atom. The summed E-state index contributed by atoms with van der Waals surface area (Å²) < 4.78 is 30.1. The number of anilines is 2. The lowest BCUT2D eigenvalue weighted by Gasteiger charge is -2.20. The minimum absolute atomic E-state index is 0.253. The van der Waals surface area contributed by atoms with E-state index in [1.54, 1.807) is 18.3 Å². The average Bonchev–Trinajstić information content (AvgIpc) is 3.45. The Kier molecular flexibility index (Phi) is 6.93. The fourth-order valence-corrected chi connectivity index (χ4v) is 5.40. The molecule has 0 radical (unpaired) electrons. The third kappa shape index (κ3) is 4.87. The van der Waals surface area contributed by atoms with Crippen LogP contribution < -0.4 is 5.32 Å². The Morgan fingerprint density at radius 1 is 1.31 bits per heavy atom. The van der Waals surface area contributed by atoms with Gasteiger partial charge in [0.1, 0.15) is 12.0 Å². The first-order valence-electron chi connectivity index (χ1n) is 10.9. The minimum atomic E-state index is -1.22. The largest absolute Gasteiger partial charge is 0.593 e. The molecule has 0 amide bonds. The molecule has 6 nitrogen and oxygen atoms in total. The van der Waals surface area contributed by atoms with Crippen LogP contribution in [-0.2, 0) is 17.9 Å². The van der Waals surface area contributed by atoms with Crippen molar-refractivity contribution in [3.63, 3.8) is 0 Å². The van der Waals surface area contributed by atoms with Crippen LogP contribution in [0.1, 0.15) is 42.4 Å². The zero-order valence-corrected chi connectivity index (χ0v) is 19.2. The molecule has 2 N–H and O–H groups in total. The zero-order chi connectivity index (χ0) is 22.7. The van der Waals surface area contributed by atoms with Crippen LogP contribution in [0.5, 0.6) is 0 Å². The quantitative estimate of drug-likeness (QED) is 0.372. The molecule has 8 heteroatoms. The maximum absolute atomic E-state index is 13.2. The first kappa shape index (κ1) is 22.5. The molecule has 0 aliphatic carbocycles. The van der Waals surface area contributed by atoms with E-state index in [4.69, 9.17) is 5.41 Å². The van der Waals surface area contributed by atoms with Gasteiger partial charge in [0.15, 0.2) is 0 Å². The predicted octanol–water partition coefficient (Wildman–Crippen LogP) is 4.99. The molecule has 1 saturated heterocycles. The van der Waals surface area contributed by atoms with Gasteiger partial charge in [0.25, 0.3) is 0 Å². The molecule has 1 aliphatic rings. The Morgan fingerprint density at radius 3 is 2.81 bits per heavy atom. The van der Waals surface area contributed by atoms with Crippen LogP contribution in [0.4, 0.5) is 15.8 Å². The molecule has 2 atom stereocenters. The van der Waals surface area contributed by atoms with Gasteiger partial charge in [0.05, 0.1) is 24.1 Å². The summed E-state index contributed by atoms with van der Waals surface area (Å²) in [5, 5.41) is 15.5. The zero-order valence-electron chi connectivity index (χ0n) is 18.3. The van der Waals surface area contributed by atoms with Gasteiger partial charge in [-0.15, -0.1) is 4.31 Å². The van der Waals surface area contributed by atoms with Crippen molar-refractivity contribution in [2.75, 3.05) is 18.4 Å². The third-order valence-corrected chi connectivity index (χ3v) is 7.22. The van der Waals surface area contributed by atoms with E-state index in [1.807, 2.05) is 27.3 Å². The summed E-state index contributed by atoms with van der Waals surface area (Å²) in [6.45, 7) is 6.44. The number of benzene rings is 2. The predicted molar refractivity (Wildman–Crippen MR) is 127 cm³/mol. The van der Waals surface area contributed by atoms with E-state index in [0.717, 1.165) is 53.3 Å². The minimum Gasteiger partial charge on any atom is -0.593 e. The molecule has 3 aromatic rings. The Bertz CT molecular complexity index is 1080. The first-order valence-corrected chi connectivity index (χ1v) is 12.0. The number of hydrogen-bond acceptors (Lipinski definition) is 5. The maximum atomic E-state index is 13.2. The second-order valence-electron chi connectivity index (χ2n) is 8.13. The van der Waals surface area contributed by atoms with Crippen LogP contribution in [0, 0.1) is 18.2 Å². The van der Waals surface area contributed by atoms with E-state index in [2.05, 4.69) is 24.3 Å². The summed E-state index contributed by atoms with van der Waals surface area (Å²) in [4.78, 5) is 0.745. The lowest BCUT2D eigenvalue weighted by atomic mass is 9.91. The number of aromatic nitrogens is 2. The van der Waals surface area contributed by atoms with Gasteiger partial charge in [-0.25, -0.2) is 4.39 Å². The van der Waals surface area contributed by atoms with Gasteiger partial charge >= 0.3 is 0 Å². The summed E-state index contributed by atoms with van der Waals surface area (Å²) in [5.41, 5.74) is 4.65. The standard InChI is InChI=1S/C24H28FN5OS/c1-3-9-29-16-22(14-27-29)32(31)30-10-8-18(15-30)23-12-19(13-26)24(11-17(23)2)28-21-6-4-20(25)5-7-21/h4-7,11-14,16,18,26,28H,3,8-10,15H2,1-2H3. The van der Waals surface area contributed by atoms with Crippen LogP contribution in [0.25, 0.3) is 0 Å². The summed E-state index contributed by atoms with van der Waals surface area (Å²) >= 11 is -1.22. The number of rotatable bonds is 8. The molecule has 2 unspecified atom stereocenters. The van der Waals surface area contributed by atoms with E-state index >= 15 is 0 Å². The van der Waals surface area contributed by atoms with Gasteiger partial charge in [0, 0.05) is 42.2 Å². The molecule has 0 spiro atoms. The fourth-order valence-electron chi connectivity index (χ4n) is 4.17. The molecule has 1 aromatic heterocycles. The van der Waals surface area contributed by atoms with Crippen molar-refractivity contribution in [2.45, 2.75) is 44.0 Å². The molecule has 0 bridgehead atoms. The molecular formula is C24H28FN5OS. The molecule has 2 heterocycles. The smallest absolute Gasteiger partial charge is 0.211 e. The lowest BCUT2D eigenvalue weighted by Crippen LogP contribution is -2.28. The van der Waals surface area contributed by atoms with Gasteiger partial charge < -0.3 is 15.3 Å². The number of aryl methyl sites for hydroxylation is 2. The molecule has 4 rings (SSSR count). The highest BCUT2D eigenvalue weighted by atomic mass is 32.2. The molecule has 1 aliphatic heterocycles. The van der Waals surface area contributed by atoms with Crippen molar-refractivity contribution in [2.24, 2.45) is 0 Å².